The molecule has 0 aromatic carbocycles. The number of aromatic nitrogens is 6. The van der Waals surface area contributed by atoms with Crippen LogP contribution in [-0.2, 0) is 29.9 Å². The van der Waals surface area contributed by atoms with Crippen molar-refractivity contribution in [2.45, 2.75) is 31.0 Å². The average Bonchev–Trinajstić information content (AvgIpc) is 3.11. The van der Waals surface area contributed by atoms with Crippen LogP contribution in [0, 0.1) is 6.92 Å². The van der Waals surface area contributed by atoms with E-state index in [4.69, 9.17) is 0 Å². The highest BCUT2D eigenvalue weighted by molar-refractivity contribution is 7.91. The van der Waals surface area contributed by atoms with Crippen LogP contribution in [0.15, 0.2) is 11.1 Å². The number of halogens is 5. The summed E-state index contributed by atoms with van der Waals surface area (Å²) in [6.07, 6.45) is -5.85. The molecule has 0 aliphatic heterocycles. The van der Waals surface area contributed by atoms with E-state index >= 15 is 0 Å². The first kappa shape index (κ1) is 21.1. The molecule has 0 spiro atoms. The van der Waals surface area contributed by atoms with Gasteiger partial charge in [0.25, 0.3) is 0 Å². The van der Waals surface area contributed by atoms with E-state index in [0.717, 1.165) is 0 Å². The monoisotopic (exact) mass is 438 g/mol. The SMILES string of the molecule is CCS(=O)(=O)c1c(-c2nc3cc(C(F)(F)C(F)(F)F)nnc3n2C)nc(C)n1C. The molecule has 3 aromatic rings. The minimum Gasteiger partial charge on any atom is -0.322 e. The van der Waals surface area contributed by atoms with Crippen molar-refractivity contribution in [3.05, 3.63) is 17.6 Å². The minimum absolute atomic E-state index is 0.0579. The lowest BCUT2D eigenvalue weighted by Crippen LogP contribution is -2.34. The van der Waals surface area contributed by atoms with Gasteiger partial charge in [0.2, 0.25) is 0 Å². The van der Waals surface area contributed by atoms with Gasteiger partial charge in [0.05, 0.1) is 5.75 Å². The fourth-order valence-electron chi connectivity index (χ4n) is 2.73. The van der Waals surface area contributed by atoms with E-state index in [9.17, 15) is 30.4 Å². The Hall–Kier alpha value is -2.64. The molecule has 14 heteroatoms. The Kier molecular flexibility index (Phi) is 4.68. The van der Waals surface area contributed by atoms with Crippen molar-refractivity contribution < 1.29 is 30.4 Å². The summed E-state index contributed by atoms with van der Waals surface area (Å²) in [6.45, 7) is 3.00. The molecule has 3 heterocycles. The molecule has 0 aliphatic rings. The van der Waals surface area contributed by atoms with Gasteiger partial charge < -0.3 is 9.13 Å². The molecule has 0 unspecified atom stereocenters. The first-order valence-corrected chi connectivity index (χ1v) is 9.79. The summed E-state index contributed by atoms with van der Waals surface area (Å²) in [5.41, 5.74) is -2.08. The van der Waals surface area contributed by atoms with Crippen molar-refractivity contribution in [3.63, 3.8) is 0 Å². The van der Waals surface area contributed by atoms with Crippen molar-refractivity contribution in [1.82, 2.24) is 29.3 Å². The summed E-state index contributed by atoms with van der Waals surface area (Å²) < 4.78 is 92.6. The maximum absolute atomic E-state index is 13.6. The van der Waals surface area contributed by atoms with Gasteiger partial charge in [-0.05, 0) is 13.0 Å². The molecule has 0 amide bonds. The lowest BCUT2D eigenvalue weighted by atomic mass is 10.2. The topological polar surface area (TPSA) is 95.6 Å². The third-order valence-electron chi connectivity index (χ3n) is 4.45. The number of hydrogen-bond donors (Lipinski definition) is 0. The van der Waals surface area contributed by atoms with E-state index in [1.807, 2.05) is 0 Å². The highest BCUT2D eigenvalue weighted by Crippen LogP contribution is 2.43. The molecule has 0 bridgehead atoms. The molecule has 0 saturated carbocycles. The van der Waals surface area contributed by atoms with E-state index < -0.39 is 27.6 Å². The van der Waals surface area contributed by atoms with Crippen molar-refractivity contribution >= 4 is 21.0 Å². The van der Waals surface area contributed by atoms with Gasteiger partial charge in [-0.15, -0.1) is 10.2 Å². The van der Waals surface area contributed by atoms with E-state index in [1.165, 1.54) is 30.2 Å². The number of nitrogens with zero attached hydrogens (tertiary/aromatic N) is 6. The molecule has 29 heavy (non-hydrogen) atoms. The fourth-order valence-corrected chi connectivity index (χ4v) is 3.98. The third kappa shape index (κ3) is 3.14. The van der Waals surface area contributed by atoms with Crippen LogP contribution in [0.1, 0.15) is 18.4 Å². The summed E-state index contributed by atoms with van der Waals surface area (Å²) in [5, 5.41) is 6.28. The molecule has 0 atom stereocenters. The summed E-state index contributed by atoms with van der Waals surface area (Å²) >= 11 is 0. The second kappa shape index (κ2) is 6.43. The van der Waals surface area contributed by atoms with Crippen molar-refractivity contribution in [2.24, 2.45) is 14.1 Å². The number of sulfone groups is 1. The lowest BCUT2D eigenvalue weighted by molar-refractivity contribution is -0.291. The van der Waals surface area contributed by atoms with E-state index in [1.54, 1.807) is 6.92 Å². The molecular formula is C15H15F5N6O2S. The lowest BCUT2D eigenvalue weighted by Gasteiger charge is -2.17. The molecular weight excluding hydrogens is 423 g/mol. The Bertz CT molecular complexity index is 1210. The highest BCUT2D eigenvalue weighted by atomic mass is 32.2. The number of alkyl halides is 5. The smallest absolute Gasteiger partial charge is 0.322 e. The van der Waals surface area contributed by atoms with Gasteiger partial charge in [0, 0.05) is 14.1 Å². The molecule has 8 nitrogen and oxygen atoms in total. The first-order valence-electron chi connectivity index (χ1n) is 8.14. The van der Waals surface area contributed by atoms with E-state index in [-0.39, 0.29) is 33.5 Å². The van der Waals surface area contributed by atoms with Crippen molar-refractivity contribution in [2.75, 3.05) is 5.75 Å². The van der Waals surface area contributed by atoms with Gasteiger partial charge in [0.15, 0.2) is 26.3 Å². The maximum Gasteiger partial charge on any atom is 0.459 e. The number of imidazole rings is 2. The minimum atomic E-state index is -5.85. The zero-order valence-corrected chi connectivity index (χ0v) is 16.4. The standard InChI is InChI=1S/C15H15F5N6O2S/c1-5-29(27,28)13-10(21-7(2)25(13)3)12-22-8-6-9(14(16,17)15(18,19)20)23-24-11(8)26(12)4/h6H,5H2,1-4H3. The summed E-state index contributed by atoms with van der Waals surface area (Å²) in [4.78, 5) is 8.21. The average molecular weight is 438 g/mol. The van der Waals surface area contributed by atoms with Crippen LogP contribution in [0.5, 0.6) is 0 Å². The number of hydrogen-bond acceptors (Lipinski definition) is 6. The molecule has 0 aliphatic carbocycles. The van der Waals surface area contributed by atoms with Crippen LogP contribution in [-0.4, -0.2) is 49.6 Å². The summed E-state index contributed by atoms with van der Waals surface area (Å²) in [6, 6.07) is 0.475. The Morgan fingerprint density at radius 3 is 2.21 bits per heavy atom. The maximum atomic E-state index is 13.6. The predicted octanol–water partition coefficient (Wildman–Crippen LogP) is 2.52. The van der Waals surface area contributed by atoms with Crippen LogP contribution in [0.3, 0.4) is 0 Å². The molecule has 0 N–H and O–H groups in total. The molecule has 3 aromatic heterocycles. The van der Waals surface area contributed by atoms with Crippen molar-refractivity contribution in [1.29, 1.82) is 0 Å². The number of aryl methyl sites for hydroxylation is 2. The predicted molar refractivity (Wildman–Crippen MR) is 90.9 cm³/mol. The van der Waals surface area contributed by atoms with Crippen molar-refractivity contribution in [3.8, 4) is 11.5 Å². The fraction of sp³-hybridized carbons (Fsp3) is 0.467. The number of fused-ring (bicyclic) bond motifs is 1. The Labute approximate surface area is 161 Å². The molecule has 0 radical (unpaired) electrons. The summed E-state index contributed by atoms with van der Waals surface area (Å²) in [7, 11) is -0.868. The first-order chi connectivity index (χ1) is 13.2. The molecule has 0 fully saturated rings. The van der Waals surface area contributed by atoms with Gasteiger partial charge >= 0.3 is 12.1 Å². The van der Waals surface area contributed by atoms with Gasteiger partial charge in [-0.1, -0.05) is 6.92 Å². The van der Waals surface area contributed by atoms with Crippen LogP contribution in [0.4, 0.5) is 22.0 Å². The van der Waals surface area contributed by atoms with Gasteiger partial charge in [-0.2, -0.15) is 22.0 Å². The Morgan fingerprint density at radius 2 is 1.66 bits per heavy atom. The quantitative estimate of drug-likeness (QED) is 0.581. The second-order valence-corrected chi connectivity index (χ2v) is 8.47. The van der Waals surface area contributed by atoms with E-state index in [0.29, 0.717) is 11.9 Å². The zero-order valence-electron chi connectivity index (χ0n) is 15.6. The van der Waals surface area contributed by atoms with Crippen LogP contribution >= 0.6 is 0 Å². The Balaban J connectivity index is 2.27. The second-order valence-electron chi connectivity index (χ2n) is 6.28. The van der Waals surface area contributed by atoms with Crippen LogP contribution < -0.4 is 0 Å². The Morgan fingerprint density at radius 1 is 1.03 bits per heavy atom. The molecule has 0 saturated heterocycles. The van der Waals surface area contributed by atoms with E-state index in [2.05, 4.69) is 20.2 Å². The molecule has 158 valence electrons. The summed E-state index contributed by atoms with van der Waals surface area (Å²) in [5.74, 6) is -5.17. The third-order valence-corrected chi connectivity index (χ3v) is 6.26. The normalized spacial score (nSPS) is 13.4. The largest absolute Gasteiger partial charge is 0.459 e. The van der Waals surface area contributed by atoms with Crippen LogP contribution in [0.2, 0.25) is 0 Å². The zero-order chi connectivity index (χ0) is 21.9. The molecule has 3 rings (SSSR count). The highest BCUT2D eigenvalue weighted by Gasteiger charge is 2.60. The van der Waals surface area contributed by atoms with Gasteiger partial charge in [0.1, 0.15) is 22.7 Å². The van der Waals surface area contributed by atoms with Crippen LogP contribution in [0.25, 0.3) is 22.7 Å². The van der Waals surface area contributed by atoms with Gasteiger partial charge in [-0.25, -0.2) is 18.4 Å². The number of rotatable bonds is 4. The van der Waals surface area contributed by atoms with Gasteiger partial charge in [-0.3, -0.25) is 0 Å².